The van der Waals surface area contributed by atoms with Crippen LogP contribution in [0.2, 0.25) is 0 Å². The Morgan fingerprint density at radius 3 is 2.91 bits per heavy atom. The SMILES string of the molecule is O=C(O)CC(NC(=O)CCCCc1ccc2c(n1)NCCC2)c1cnc2ccccc2c1. The third kappa shape index (κ3) is 5.60. The lowest BCUT2D eigenvalue weighted by Crippen LogP contribution is -2.30. The molecule has 7 heteroatoms. The minimum absolute atomic E-state index is 0.149. The molecule has 1 amide bonds. The first-order chi connectivity index (χ1) is 15.6. The number of aliphatic carboxylic acids is 1. The lowest BCUT2D eigenvalue weighted by molar-refractivity contribution is -0.137. The highest BCUT2D eigenvalue weighted by molar-refractivity contribution is 5.80. The van der Waals surface area contributed by atoms with E-state index in [1.165, 1.54) is 5.56 Å². The number of nitrogens with zero attached hydrogens (tertiary/aromatic N) is 2. The maximum Gasteiger partial charge on any atom is 0.305 e. The maximum absolute atomic E-state index is 12.5. The number of anilines is 1. The summed E-state index contributed by atoms with van der Waals surface area (Å²) in [5.74, 6) is -0.118. The number of unbranched alkanes of at least 4 members (excludes halogenated alkanes) is 1. The van der Waals surface area contributed by atoms with Gasteiger partial charge >= 0.3 is 5.97 Å². The van der Waals surface area contributed by atoms with E-state index < -0.39 is 12.0 Å². The van der Waals surface area contributed by atoms with E-state index in [1.807, 2.05) is 30.3 Å². The van der Waals surface area contributed by atoms with Crippen LogP contribution in [-0.2, 0) is 22.4 Å². The lowest BCUT2D eigenvalue weighted by atomic mass is 10.0. The van der Waals surface area contributed by atoms with Crippen molar-refractivity contribution in [3.05, 3.63) is 65.5 Å². The van der Waals surface area contributed by atoms with Crippen LogP contribution in [0.4, 0.5) is 5.82 Å². The summed E-state index contributed by atoms with van der Waals surface area (Å²) < 4.78 is 0. The molecule has 1 aliphatic heterocycles. The molecule has 3 N–H and O–H groups in total. The fraction of sp³-hybridized carbons (Fsp3) is 0.360. The zero-order valence-electron chi connectivity index (χ0n) is 18.0. The van der Waals surface area contributed by atoms with Crippen LogP contribution in [0, 0.1) is 0 Å². The molecule has 2 aromatic heterocycles. The van der Waals surface area contributed by atoms with Crippen molar-refractivity contribution < 1.29 is 14.7 Å². The maximum atomic E-state index is 12.5. The third-order valence-electron chi connectivity index (χ3n) is 5.77. The Balaban J connectivity index is 1.30. The van der Waals surface area contributed by atoms with Crippen molar-refractivity contribution in [2.24, 2.45) is 0 Å². The van der Waals surface area contributed by atoms with Gasteiger partial charge in [-0.2, -0.15) is 0 Å². The summed E-state index contributed by atoms with van der Waals surface area (Å²) >= 11 is 0. The Morgan fingerprint density at radius 1 is 1.16 bits per heavy atom. The number of hydrogen-bond donors (Lipinski definition) is 3. The minimum Gasteiger partial charge on any atom is -0.481 e. The number of aromatic nitrogens is 2. The second-order valence-electron chi connectivity index (χ2n) is 8.23. The summed E-state index contributed by atoms with van der Waals surface area (Å²) in [6, 6.07) is 13.1. The highest BCUT2D eigenvalue weighted by Crippen LogP contribution is 2.22. The molecular weight excluding hydrogens is 404 g/mol. The molecule has 0 spiro atoms. The van der Waals surface area contributed by atoms with Crippen molar-refractivity contribution in [1.82, 2.24) is 15.3 Å². The molecule has 32 heavy (non-hydrogen) atoms. The molecule has 0 radical (unpaired) electrons. The number of para-hydroxylation sites is 1. The van der Waals surface area contributed by atoms with E-state index in [-0.39, 0.29) is 12.3 Å². The topological polar surface area (TPSA) is 104 Å². The van der Waals surface area contributed by atoms with Gasteiger partial charge in [-0.05, 0) is 61.4 Å². The van der Waals surface area contributed by atoms with Gasteiger partial charge in [-0.15, -0.1) is 0 Å². The molecule has 1 atom stereocenters. The smallest absolute Gasteiger partial charge is 0.305 e. The Kier molecular flexibility index (Phi) is 6.94. The Bertz CT molecular complexity index is 1120. The van der Waals surface area contributed by atoms with Crippen LogP contribution in [0.5, 0.6) is 0 Å². The van der Waals surface area contributed by atoms with Crippen molar-refractivity contribution in [1.29, 1.82) is 0 Å². The number of aryl methyl sites for hydroxylation is 2. The minimum atomic E-state index is -0.962. The Labute approximate surface area is 187 Å². The second-order valence-corrected chi connectivity index (χ2v) is 8.23. The molecule has 1 unspecified atom stereocenters. The number of carbonyl (C=O) groups excluding carboxylic acids is 1. The van der Waals surface area contributed by atoms with E-state index in [0.29, 0.717) is 18.4 Å². The van der Waals surface area contributed by atoms with Crippen LogP contribution in [0.25, 0.3) is 10.9 Å². The number of fused-ring (bicyclic) bond motifs is 2. The Morgan fingerprint density at radius 2 is 2.03 bits per heavy atom. The van der Waals surface area contributed by atoms with Gasteiger partial charge in [-0.25, -0.2) is 4.98 Å². The summed E-state index contributed by atoms with van der Waals surface area (Å²) in [7, 11) is 0. The number of amides is 1. The van der Waals surface area contributed by atoms with Gasteiger partial charge in [0.05, 0.1) is 18.0 Å². The molecule has 1 aliphatic rings. The molecule has 4 rings (SSSR count). The van der Waals surface area contributed by atoms with Crippen molar-refractivity contribution in [2.75, 3.05) is 11.9 Å². The fourth-order valence-electron chi connectivity index (χ4n) is 4.07. The van der Waals surface area contributed by atoms with Gasteiger partial charge in [0.1, 0.15) is 5.82 Å². The quantitative estimate of drug-likeness (QED) is 0.441. The molecule has 166 valence electrons. The number of hydrogen-bond acceptors (Lipinski definition) is 5. The fourth-order valence-corrected chi connectivity index (χ4v) is 4.07. The van der Waals surface area contributed by atoms with Gasteiger partial charge < -0.3 is 15.7 Å². The van der Waals surface area contributed by atoms with Crippen molar-refractivity contribution in [3.63, 3.8) is 0 Å². The molecule has 0 bridgehead atoms. The molecule has 0 saturated heterocycles. The monoisotopic (exact) mass is 432 g/mol. The second kappa shape index (κ2) is 10.2. The number of nitrogens with one attached hydrogen (secondary N) is 2. The van der Waals surface area contributed by atoms with Crippen molar-refractivity contribution in [3.8, 4) is 0 Å². The summed E-state index contributed by atoms with van der Waals surface area (Å²) in [5, 5.41) is 16.5. The lowest BCUT2D eigenvalue weighted by Gasteiger charge is -2.18. The molecular formula is C25H28N4O3. The molecule has 0 fully saturated rings. The van der Waals surface area contributed by atoms with E-state index >= 15 is 0 Å². The first kappa shape index (κ1) is 21.7. The first-order valence-corrected chi connectivity index (χ1v) is 11.2. The van der Waals surface area contributed by atoms with Gasteiger partial charge in [0.2, 0.25) is 5.91 Å². The van der Waals surface area contributed by atoms with E-state index in [9.17, 15) is 14.7 Å². The predicted molar refractivity (Wildman–Crippen MR) is 123 cm³/mol. The molecule has 3 aromatic rings. The van der Waals surface area contributed by atoms with Crippen LogP contribution in [0.3, 0.4) is 0 Å². The average molecular weight is 433 g/mol. The molecule has 1 aromatic carbocycles. The van der Waals surface area contributed by atoms with E-state index in [1.54, 1.807) is 6.20 Å². The van der Waals surface area contributed by atoms with Gasteiger partial charge in [-0.1, -0.05) is 24.3 Å². The zero-order valence-corrected chi connectivity index (χ0v) is 18.0. The van der Waals surface area contributed by atoms with Crippen molar-refractivity contribution in [2.45, 2.75) is 51.0 Å². The van der Waals surface area contributed by atoms with Crippen LogP contribution in [0.15, 0.2) is 48.7 Å². The average Bonchev–Trinajstić information content (AvgIpc) is 2.80. The van der Waals surface area contributed by atoms with Crippen LogP contribution in [0.1, 0.15) is 55.0 Å². The summed E-state index contributed by atoms with van der Waals surface area (Å²) in [5.41, 5.74) is 3.84. The third-order valence-corrected chi connectivity index (χ3v) is 5.77. The number of pyridine rings is 2. The van der Waals surface area contributed by atoms with E-state index in [2.05, 4.69) is 27.8 Å². The van der Waals surface area contributed by atoms with Crippen LogP contribution < -0.4 is 10.6 Å². The summed E-state index contributed by atoms with van der Waals surface area (Å²) in [4.78, 5) is 33.0. The number of benzene rings is 1. The van der Waals surface area contributed by atoms with E-state index in [0.717, 1.165) is 54.6 Å². The van der Waals surface area contributed by atoms with Crippen LogP contribution in [-0.4, -0.2) is 33.5 Å². The largest absolute Gasteiger partial charge is 0.481 e. The zero-order chi connectivity index (χ0) is 22.3. The highest BCUT2D eigenvalue weighted by Gasteiger charge is 2.19. The number of rotatable bonds is 9. The Hall–Kier alpha value is -3.48. The molecule has 0 saturated carbocycles. The number of carboxylic acid groups (broad SMARTS) is 1. The summed E-state index contributed by atoms with van der Waals surface area (Å²) in [6.45, 7) is 0.966. The standard InChI is InChI=1S/C25H28N4O3/c30-23(10-4-2-8-20-12-11-17-7-5-13-26-25(17)28-20)29-22(15-24(31)32)19-14-18-6-1-3-9-21(18)27-16-19/h1,3,6,9,11-12,14,16,22H,2,4-5,7-8,10,13,15H2,(H,26,28)(H,29,30)(H,31,32). The molecule has 0 aliphatic carbocycles. The van der Waals surface area contributed by atoms with Gasteiger partial charge in [0.25, 0.3) is 0 Å². The molecule has 3 heterocycles. The van der Waals surface area contributed by atoms with E-state index in [4.69, 9.17) is 4.98 Å². The van der Waals surface area contributed by atoms with Gasteiger partial charge in [-0.3, -0.25) is 14.6 Å². The number of carboxylic acids is 1. The normalized spacial score (nSPS) is 13.8. The van der Waals surface area contributed by atoms with Gasteiger partial charge in [0, 0.05) is 30.2 Å². The first-order valence-electron chi connectivity index (χ1n) is 11.2. The number of carbonyl (C=O) groups is 2. The van der Waals surface area contributed by atoms with Crippen LogP contribution >= 0.6 is 0 Å². The highest BCUT2D eigenvalue weighted by atomic mass is 16.4. The molecule has 7 nitrogen and oxygen atoms in total. The summed E-state index contributed by atoms with van der Waals surface area (Å²) in [6.07, 6.45) is 6.40. The van der Waals surface area contributed by atoms with Crippen molar-refractivity contribution >= 4 is 28.6 Å². The predicted octanol–water partition coefficient (Wildman–Crippen LogP) is 4.03. The van der Waals surface area contributed by atoms with Gasteiger partial charge in [0.15, 0.2) is 0 Å².